The average molecular weight is 180 g/mol. The highest BCUT2D eigenvalue weighted by molar-refractivity contribution is 5.27. The maximum absolute atomic E-state index is 5.79. The molecule has 0 radical (unpaired) electrons. The van der Waals surface area contributed by atoms with Crippen LogP contribution in [-0.2, 0) is 6.42 Å². The number of hydrogen-bond donors (Lipinski definition) is 0. The molecule has 0 saturated heterocycles. The van der Waals surface area contributed by atoms with Crippen LogP contribution in [0.5, 0.6) is 0 Å². The van der Waals surface area contributed by atoms with E-state index >= 15 is 0 Å². The van der Waals surface area contributed by atoms with Gasteiger partial charge in [-0.25, -0.2) is 0 Å². The topological polar surface area (TPSA) is 13.1 Å². The molecule has 0 atom stereocenters. The molecule has 0 aliphatic rings. The Morgan fingerprint density at radius 2 is 1.77 bits per heavy atom. The van der Waals surface area contributed by atoms with Gasteiger partial charge in [0.1, 0.15) is 11.5 Å². The molecule has 0 bridgehead atoms. The molecule has 0 amide bonds. The fourth-order valence-corrected chi connectivity index (χ4v) is 1.55. The summed E-state index contributed by atoms with van der Waals surface area (Å²) in [6.45, 7) is 10.9. The van der Waals surface area contributed by atoms with E-state index in [1.165, 1.54) is 11.3 Å². The van der Waals surface area contributed by atoms with Crippen LogP contribution < -0.4 is 0 Å². The van der Waals surface area contributed by atoms with Crippen molar-refractivity contribution in [2.45, 2.75) is 52.9 Å². The van der Waals surface area contributed by atoms with Crippen molar-refractivity contribution < 1.29 is 4.42 Å². The van der Waals surface area contributed by atoms with Crippen molar-refractivity contribution in [2.75, 3.05) is 0 Å². The van der Waals surface area contributed by atoms with Crippen LogP contribution in [-0.4, -0.2) is 0 Å². The first-order valence-electron chi connectivity index (χ1n) is 5.18. The van der Waals surface area contributed by atoms with Gasteiger partial charge in [0.2, 0.25) is 0 Å². The van der Waals surface area contributed by atoms with E-state index in [1.807, 2.05) is 0 Å². The van der Waals surface area contributed by atoms with Crippen molar-refractivity contribution >= 4 is 0 Å². The second-order valence-corrected chi connectivity index (χ2v) is 4.20. The fraction of sp³-hybridized carbons (Fsp3) is 0.667. The summed E-state index contributed by atoms with van der Waals surface area (Å²) in [7, 11) is 0. The Kier molecular flexibility index (Phi) is 3.18. The number of hydrogen-bond acceptors (Lipinski definition) is 1. The van der Waals surface area contributed by atoms with E-state index in [1.54, 1.807) is 0 Å². The molecular weight excluding hydrogens is 160 g/mol. The normalized spacial score (nSPS) is 11.6. The lowest BCUT2D eigenvalue weighted by atomic mass is 9.98. The molecule has 0 saturated carbocycles. The van der Waals surface area contributed by atoms with Gasteiger partial charge >= 0.3 is 0 Å². The molecule has 74 valence electrons. The summed E-state index contributed by atoms with van der Waals surface area (Å²) < 4.78 is 5.79. The van der Waals surface area contributed by atoms with Crippen molar-refractivity contribution in [2.24, 2.45) is 0 Å². The van der Waals surface area contributed by atoms with Crippen LogP contribution in [0.15, 0.2) is 10.5 Å². The van der Waals surface area contributed by atoms with E-state index in [-0.39, 0.29) is 0 Å². The van der Waals surface area contributed by atoms with E-state index in [4.69, 9.17) is 4.42 Å². The Bertz CT molecular complexity index is 243. The highest BCUT2D eigenvalue weighted by atomic mass is 16.3. The minimum Gasteiger partial charge on any atom is -0.466 e. The third-order valence-electron chi connectivity index (χ3n) is 2.34. The first-order valence-corrected chi connectivity index (χ1v) is 5.18. The summed E-state index contributed by atoms with van der Waals surface area (Å²) in [5.74, 6) is 3.36. The third kappa shape index (κ3) is 2.15. The van der Waals surface area contributed by atoms with E-state index in [0.717, 1.165) is 12.2 Å². The van der Waals surface area contributed by atoms with Crippen LogP contribution in [0, 0.1) is 0 Å². The van der Waals surface area contributed by atoms with Gasteiger partial charge in [-0.15, -0.1) is 0 Å². The zero-order valence-corrected chi connectivity index (χ0v) is 9.35. The molecule has 13 heavy (non-hydrogen) atoms. The number of aryl methyl sites for hydroxylation is 1. The van der Waals surface area contributed by atoms with Gasteiger partial charge in [-0.3, -0.25) is 0 Å². The third-order valence-corrected chi connectivity index (χ3v) is 2.34. The molecular formula is C12H20O. The second-order valence-electron chi connectivity index (χ2n) is 4.20. The van der Waals surface area contributed by atoms with Crippen molar-refractivity contribution in [3.05, 3.63) is 23.2 Å². The van der Waals surface area contributed by atoms with Gasteiger partial charge in [0.05, 0.1) is 0 Å². The molecule has 0 aromatic carbocycles. The summed E-state index contributed by atoms with van der Waals surface area (Å²) in [4.78, 5) is 0. The van der Waals surface area contributed by atoms with Crippen molar-refractivity contribution in [1.29, 1.82) is 0 Å². The van der Waals surface area contributed by atoms with E-state index < -0.39 is 0 Å². The van der Waals surface area contributed by atoms with Crippen LogP contribution >= 0.6 is 0 Å². The van der Waals surface area contributed by atoms with Crippen LogP contribution in [0.2, 0.25) is 0 Å². The van der Waals surface area contributed by atoms with Gasteiger partial charge in [-0.2, -0.15) is 0 Å². The SMILES string of the molecule is CCc1cc(C(C)C)c(C(C)C)o1. The average Bonchev–Trinajstić information content (AvgIpc) is 2.47. The highest BCUT2D eigenvalue weighted by Crippen LogP contribution is 2.29. The predicted molar refractivity (Wildman–Crippen MR) is 56.3 cm³/mol. The Hall–Kier alpha value is -0.720. The lowest BCUT2D eigenvalue weighted by Gasteiger charge is -2.07. The van der Waals surface area contributed by atoms with Crippen LogP contribution in [0.4, 0.5) is 0 Å². The molecule has 1 aromatic rings. The number of furan rings is 1. The summed E-state index contributed by atoms with van der Waals surface area (Å²) in [6, 6.07) is 2.21. The monoisotopic (exact) mass is 180 g/mol. The quantitative estimate of drug-likeness (QED) is 0.683. The maximum atomic E-state index is 5.79. The van der Waals surface area contributed by atoms with Gasteiger partial charge < -0.3 is 4.42 Å². The Morgan fingerprint density at radius 1 is 1.15 bits per heavy atom. The lowest BCUT2D eigenvalue weighted by molar-refractivity contribution is 0.446. The largest absolute Gasteiger partial charge is 0.466 e. The first kappa shape index (κ1) is 10.4. The molecule has 1 heterocycles. The van der Waals surface area contributed by atoms with E-state index in [0.29, 0.717) is 11.8 Å². The van der Waals surface area contributed by atoms with Gasteiger partial charge in [-0.05, 0) is 17.5 Å². The van der Waals surface area contributed by atoms with Gasteiger partial charge in [0.15, 0.2) is 0 Å². The summed E-state index contributed by atoms with van der Waals surface area (Å²) in [5, 5.41) is 0. The zero-order valence-electron chi connectivity index (χ0n) is 9.35. The molecule has 0 N–H and O–H groups in total. The van der Waals surface area contributed by atoms with E-state index in [9.17, 15) is 0 Å². The molecule has 1 aromatic heterocycles. The summed E-state index contributed by atoms with van der Waals surface area (Å²) in [5.41, 5.74) is 1.38. The van der Waals surface area contributed by atoms with Gasteiger partial charge in [0, 0.05) is 12.3 Å². The molecule has 0 aliphatic carbocycles. The predicted octanol–water partition coefficient (Wildman–Crippen LogP) is 4.09. The van der Waals surface area contributed by atoms with Crippen molar-refractivity contribution in [3.8, 4) is 0 Å². The molecule has 1 heteroatoms. The zero-order chi connectivity index (χ0) is 10.0. The lowest BCUT2D eigenvalue weighted by Crippen LogP contribution is -1.93. The van der Waals surface area contributed by atoms with E-state index in [2.05, 4.69) is 40.7 Å². The molecule has 0 spiro atoms. The van der Waals surface area contributed by atoms with Crippen molar-refractivity contribution in [1.82, 2.24) is 0 Å². The smallest absolute Gasteiger partial charge is 0.110 e. The molecule has 1 nitrogen and oxygen atoms in total. The minimum atomic E-state index is 0.498. The number of rotatable bonds is 3. The van der Waals surface area contributed by atoms with Gasteiger partial charge in [0.25, 0.3) is 0 Å². The standard InChI is InChI=1S/C12H20O/c1-6-10-7-11(8(2)3)12(13-10)9(4)5/h7-9H,6H2,1-5H3. The summed E-state index contributed by atoms with van der Waals surface area (Å²) in [6.07, 6.45) is 0.992. The summed E-state index contributed by atoms with van der Waals surface area (Å²) >= 11 is 0. The molecule has 0 unspecified atom stereocenters. The van der Waals surface area contributed by atoms with Crippen molar-refractivity contribution in [3.63, 3.8) is 0 Å². The Labute approximate surface area is 81.1 Å². The minimum absolute atomic E-state index is 0.498. The van der Waals surface area contributed by atoms with Gasteiger partial charge in [-0.1, -0.05) is 34.6 Å². The Morgan fingerprint density at radius 3 is 2.08 bits per heavy atom. The Balaban J connectivity index is 3.08. The van der Waals surface area contributed by atoms with Crippen LogP contribution in [0.25, 0.3) is 0 Å². The molecule has 0 aliphatic heterocycles. The molecule has 1 rings (SSSR count). The van der Waals surface area contributed by atoms with Crippen LogP contribution in [0.1, 0.15) is 63.5 Å². The highest BCUT2D eigenvalue weighted by Gasteiger charge is 2.15. The second kappa shape index (κ2) is 3.99. The first-order chi connectivity index (χ1) is 6.06. The maximum Gasteiger partial charge on any atom is 0.110 e. The fourth-order valence-electron chi connectivity index (χ4n) is 1.55. The van der Waals surface area contributed by atoms with Crippen LogP contribution in [0.3, 0.4) is 0 Å². The molecule has 0 fully saturated rings.